The number of aliphatic hydroxyl groups is 1. The summed E-state index contributed by atoms with van der Waals surface area (Å²) in [5.74, 6) is 0.159. The van der Waals surface area contributed by atoms with E-state index in [-0.39, 0.29) is 18.1 Å². The van der Waals surface area contributed by atoms with Crippen LogP contribution in [0.1, 0.15) is 39.0 Å². The molecule has 2 unspecified atom stereocenters. The van der Waals surface area contributed by atoms with Crippen molar-refractivity contribution in [2.24, 2.45) is 0 Å². The summed E-state index contributed by atoms with van der Waals surface area (Å²) in [4.78, 5) is 13.8. The van der Waals surface area contributed by atoms with E-state index in [4.69, 9.17) is 4.74 Å². The molecule has 0 aromatic heterocycles. The van der Waals surface area contributed by atoms with Gasteiger partial charge in [-0.05, 0) is 32.6 Å². The van der Waals surface area contributed by atoms with Gasteiger partial charge in [-0.15, -0.1) is 0 Å². The molecule has 1 amide bonds. The fourth-order valence-corrected chi connectivity index (χ4v) is 2.30. The molecular weight excluding hydrogens is 206 g/mol. The highest BCUT2D eigenvalue weighted by molar-refractivity contribution is 5.76. The van der Waals surface area contributed by atoms with Gasteiger partial charge in [-0.1, -0.05) is 0 Å². The Hall–Kier alpha value is -0.610. The number of amides is 1. The van der Waals surface area contributed by atoms with Crippen molar-refractivity contribution in [3.63, 3.8) is 0 Å². The third-order valence-electron chi connectivity index (χ3n) is 3.08. The zero-order valence-electron chi connectivity index (χ0n) is 10.3. The van der Waals surface area contributed by atoms with E-state index < -0.39 is 0 Å². The van der Waals surface area contributed by atoms with Gasteiger partial charge in [0, 0.05) is 19.7 Å². The number of carbonyl (C=O) groups is 1. The van der Waals surface area contributed by atoms with Crippen molar-refractivity contribution in [2.75, 3.05) is 20.3 Å². The molecule has 1 fully saturated rings. The molecule has 0 radical (unpaired) electrons. The maximum Gasteiger partial charge on any atom is 0.225 e. The number of hydrogen-bond acceptors (Lipinski definition) is 3. The summed E-state index contributed by atoms with van der Waals surface area (Å²) in [7, 11) is 1.61. The Morgan fingerprint density at radius 2 is 2.31 bits per heavy atom. The average molecular weight is 229 g/mol. The largest absolute Gasteiger partial charge is 0.393 e. The highest BCUT2D eigenvalue weighted by Gasteiger charge is 2.26. The molecule has 0 aliphatic carbocycles. The fraction of sp³-hybridized carbons (Fsp3) is 0.917. The maximum absolute atomic E-state index is 11.9. The lowest BCUT2D eigenvalue weighted by Crippen LogP contribution is -2.45. The minimum Gasteiger partial charge on any atom is -0.393 e. The van der Waals surface area contributed by atoms with E-state index in [2.05, 4.69) is 0 Å². The first-order chi connectivity index (χ1) is 7.65. The molecule has 0 aromatic rings. The molecule has 0 aromatic carbocycles. The van der Waals surface area contributed by atoms with Crippen LogP contribution in [0.5, 0.6) is 0 Å². The Labute approximate surface area is 97.6 Å². The molecule has 0 saturated carbocycles. The minimum atomic E-state index is -0.333. The molecule has 1 heterocycles. The number of aliphatic hydroxyl groups excluding tert-OH is 1. The molecule has 16 heavy (non-hydrogen) atoms. The van der Waals surface area contributed by atoms with E-state index in [9.17, 15) is 9.90 Å². The number of likely N-dealkylation sites (tertiary alicyclic amines) is 1. The molecule has 2 atom stereocenters. The van der Waals surface area contributed by atoms with Crippen molar-refractivity contribution in [1.82, 2.24) is 4.90 Å². The van der Waals surface area contributed by atoms with E-state index in [0.717, 1.165) is 25.8 Å². The van der Waals surface area contributed by atoms with Crippen LogP contribution >= 0.6 is 0 Å². The zero-order valence-corrected chi connectivity index (χ0v) is 10.3. The molecule has 1 aliphatic rings. The standard InChI is InChI=1S/C12H23NO3/c1-10(14)9-11-5-3-4-7-13(11)12(15)6-8-16-2/h10-11,14H,3-9H2,1-2H3. The van der Waals surface area contributed by atoms with Crippen LogP contribution < -0.4 is 0 Å². The SMILES string of the molecule is COCCC(=O)N1CCCCC1CC(C)O. The van der Waals surface area contributed by atoms with Gasteiger partial charge in [0.25, 0.3) is 0 Å². The maximum atomic E-state index is 11.9. The number of nitrogens with zero attached hydrogens (tertiary/aromatic N) is 1. The molecule has 0 bridgehead atoms. The number of hydrogen-bond donors (Lipinski definition) is 1. The van der Waals surface area contributed by atoms with Crippen LogP contribution in [0.4, 0.5) is 0 Å². The molecule has 1 saturated heterocycles. The summed E-state index contributed by atoms with van der Waals surface area (Å²) in [5.41, 5.74) is 0. The van der Waals surface area contributed by atoms with Crippen molar-refractivity contribution in [1.29, 1.82) is 0 Å². The van der Waals surface area contributed by atoms with Crippen LogP contribution in [0.15, 0.2) is 0 Å². The molecule has 4 heteroatoms. The van der Waals surface area contributed by atoms with E-state index in [0.29, 0.717) is 19.4 Å². The number of piperidine rings is 1. The number of carbonyl (C=O) groups excluding carboxylic acids is 1. The predicted octanol–water partition coefficient (Wildman–Crippen LogP) is 1.17. The van der Waals surface area contributed by atoms with Gasteiger partial charge in [0.05, 0.1) is 19.1 Å². The first-order valence-corrected chi connectivity index (χ1v) is 6.11. The second-order valence-electron chi connectivity index (χ2n) is 4.56. The summed E-state index contributed by atoms with van der Waals surface area (Å²) in [6, 6.07) is 0.220. The van der Waals surface area contributed by atoms with Gasteiger partial charge in [-0.2, -0.15) is 0 Å². The topological polar surface area (TPSA) is 49.8 Å². The number of methoxy groups -OCH3 is 1. The van der Waals surface area contributed by atoms with Gasteiger partial charge in [0.1, 0.15) is 0 Å². The van der Waals surface area contributed by atoms with Crippen LogP contribution in [0.2, 0.25) is 0 Å². The Morgan fingerprint density at radius 1 is 1.56 bits per heavy atom. The second kappa shape index (κ2) is 6.86. The number of rotatable bonds is 5. The Kier molecular flexibility index (Phi) is 5.77. The van der Waals surface area contributed by atoms with Crippen LogP contribution in [-0.4, -0.2) is 48.3 Å². The highest BCUT2D eigenvalue weighted by Crippen LogP contribution is 2.21. The van der Waals surface area contributed by atoms with Crippen molar-refractivity contribution in [3.05, 3.63) is 0 Å². The van der Waals surface area contributed by atoms with Gasteiger partial charge in [0.2, 0.25) is 5.91 Å². The third kappa shape index (κ3) is 4.10. The lowest BCUT2D eigenvalue weighted by atomic mass is 9.97. The third-order valence-corrected chi connectivity index (χ3v) is 3.08. The first-order valence-electron chi connectivity index (χ1n) is 6.11. The average Bonchev–Trinajstić information content (AvgIpc) is 2.26. The minimum absolute atomic E-state index is 0.159. The van der Waals surface area contributed by atoms with Crippen molar-refractivity contribution in [2.45, 2.75) is 51.2 Å². The van der Waals surface area contributed by atoms with Gasteiger partial charge >= 0.3 is 0 Å². The van der Waals surface area contributed by atoms with Crippen LogP contribution in [0, 0.1) is 0 Å². The lowest BCUT2D eigenvalue weighted by Gasteiger charge is -2.36. The van der Waals surface area contributed by atoms with E-state index in [1.165, 1.54) is 0 Å². The molecule has 1 aliphatic heterocycles. The van der Waals surface area contributed by atoms with E-state index >= 15 is 0 Å². The molecule has 0 spiro atoms. The molecule has 94 valence electrons. The smallest absolute Gasteiger partial charge is 0.225 e. The number of ether oxygens (including phenoxy) is 1. The molecule has 4 nitrogen and oxygen atoms in total. The zero-order chi connectivity index (χ0) is 12.0. The summed E-state index contributed by atoms with van der Waals surface area (Å²) < 4.78 is 4.92. The van der Waals surface area contributed by atoms with Crippen LogP contribution in [-0.2, 0) is 9.53 Å². The van der Waals surface area contributed by atoms with Gasteiger partial charge in [-0.3, -0.25) is 4.79 Å². The predicted molar refractivity (Wildman–Crippen MR) is 62.1 cm³/mol. The van der Waals surface area contributed by atoms with E-state index in [1.807, 2.05) is 4.90 Å². The molecular formula is C12H23NO3. The Bertz CT molecular complexity index is 218. The van der Waals surface area contributed by atoms with Crippen molar-refractivity contribution >= 4 is 5.91 Å². The normalized spacial score (nSPS) is 23.2. The van der Waals surface area contributed by atoms with Crippen molar-refractivity contribution < 1.29 is 14.6 Å². The van der Waals surface area contributed by atoms with Crippen LogP contribution in [0.25, 0.3) is 0 Å². The summed E-state index contributed by atoms with van der Waals surface area (Å²) >= 11 is 0. The monoisotopic (exact) mass is 229 g/mol. The second-order valence-corrected chi connectivity index (χ2v) is 4.56. The van der Waals surface area contributed by atoms with E-state index in [1.54, 1.807) is 14.0 Å². The molecule has 1 rings (SSSR count). The lowest BCUT2D eigenvalue weighted by molar-refractivity contribution is -0.136. The Morgan fingerprint density at radius 3 is 2.94 bits per heavy atom. The van der Waals surface area contributed by atoms with Gasteiger partial charge in [-0.25, -0.2) is 0 Å². The van der Waals surface area contributed by atoms with Gasteiger partial charge < -0.3 is 14.7 Å². The summed E-state index contributed by atoms with van der Waals surface area (Å²) in [6.45, 7) is 3.10. The van der Waals surface area contributed by atoms with Gasteiger partial charge in [0.15, 0.2) is 0 Å². The quantitative estimate of drug-likeness (QED) is 0.770. The summed E-state index contributed by atoms with van der Waals surface area (Å²) in [6.07, 6.45) is 4.07. The Balaban J connectivity index is 2.48. The fourth-order valence-electron chi connectivity index (χ4n) is 2.30. The molecule has 1 N–H and O–H groups in total. The first kappa shape index (κ1) is 13.5. The summed E-state index contributed by atoms with van der Waals surface area (Å²) in [5, 5.41) is 9.42. The van der Waals surface area contributed by atoms with Crippen molar-refractivity contribution in [3.8, 4) is 0 Å². The highest BCUT2D eigenvalue weighted by atomic mass is 16.5. The van der Waals surface area contributed by atoms with Crippen LogP contribution in [0.3, 0.4) is 0 Å².